The van der Waals surface area contributed by atoms with Gasteiger partial charge in [-0.25, -0.2) is 0 Å². The first-order valence-electron chi connectivity index (χ1n) is 5.14. The number of rotatable bonds is 2. The maximum Gasteiger partial charge on any atom is 0.173 e. The third kappa shape index (κ3) is 1.26. The van der Waals surface area contributed by atoms with Crippen molar-refractivity contribution in [1.29, 1.82) is 0 Å². The van der Waals surface area contributed by atoms with Crippen molar-refractivity contribution in [3.63, 3.8) is 0 Å². The summed E-state index contributed by atoms with van der Waals surface area (Å²) in [5.41, 5.74) is -0.0908. The lowest BCUT2D eigenvalue weighted by Crippen LogP contribution is -2.32. The van der Waals surface area contributed by atoms with Crippen LogP contribution >= 0.6 is 0 Å². The zero-order valence-corrected chi connectivity index (χ0v) is 9.00. The molecule has 3 heteroatoms. The molecule has 0 aromatic carbocycles. The monoisotopic (exact) mass is 206 g/mol. The number of ketones is 2. The highest BCUT2D eigenvalue weighted by molar-refractivity contribution is 6.24. The van der Waals surface area contributed by atoms with E-state index in [1.807, 2.05) is 0 Å². The Kier molecular flexibility index (Phi) is 2.25. The average molecular weight is 206 g/mol. The number of carbonyl (C=O) groups excluding carboxylic acids is 2. The molecule has 0 aromatic rings. The molecule has 0 saturated heterocycles. The Balaban J connectivity index is 2.46. The Morgan fingerprint density at radius 3 is 2.33 bits per heavy atom. The van der Waals surface area contributed by atoms with E-state index >= 15 is 0 Å². The number of hydrogen-bond acceptors (Lipinski definition) is 3. The van der Waals surface area contributed by atoms with E-state index in [0.29, 0.717) is 0 Å². The molecular weight excluding hydrogens is 192 g/mol. The fourth-order valence-electron chi connectivity index (χ4n) is 2.37. The van der Waals surface area contributed by atoms with Crippen molar-refractivity contribution in [2.75, 3.05) is 7.11 Å². The van der Waals surface area contributed by atoms with Gasteiger partial charge in [-0.15, -0.1) is 0 Å². The average Bonchev–Trinajstić information content (AvgIpc) is 2.79. The fourth-order valence-corrected chi connectivity index (χ4v) is 2.37. The fraction of sp³-hybridized carbons (Fsp3) is 0.500. The highest BCUT2D eigenvalue weighted by Gasteiger charge is 2.47. The molecule has 3 nitrogen and oxygen atoms in total. The third-order valence-corrected chi connectivity index (χ3v) is 3.39. The SMILES string of the molecule is COC1=C(C2(C)C(=O)C=CC2=O)CCC1. The van der Waals surface area contributed by atoms with Gasteiger partial charge < -0.3 is 4.74 Å². The van der Waals surface area contributed by atoms with Gasteiger partial charge in [0.25, 0.3) is 0 Å². The maximum atomic E-state index is 11.8. The lowest BCUT2D eigenvalue weighted by Gasteiger charge is -2.23. The summed E-state index contributed by atoms with van der Waals surface area (Å²) < 4.78 is 5.25. The first kappa shape index (κ1) is 10.1. The van der Waals surface area contributed by atoms with Crippen molar-refractivity contribution < 1.29 is 14.3 Å². The second-order valence-corrected chi connectivity index (χ2v) is 4.15. The van der Waals surface area contributed by atoms with Gasteiger partial charge in [0.1, 0.15) is 5.41 Å². The molecular formula is C12H14O3. The van der Waals surface area contributed by atoms with Crippen molar-refractivity contribution in [2.45, 2.75) is 26.2 Å². The smallest absolute Gasteiger partial charge is 0.173 e. The molecule has 0 aromatic heterocycles. The predicted octanol–water partition coefficient (Wildman–Crippen LogP) is 1.79. The van der Waals surface area contributed by atoms with E-state index in [1.54, 1.807) is 14.0 Å². The topological polar surface area (TPSA) is 43.4 Å². The standard InChI is InChI=1S/C12H14O3/c1-12(10(13)6-7-11(12)14)8-4-3-5-9(8)15-2/h6-7H,3-5H2,1-2H3. The zero-order valence-electron chi connectivity index (χ0n) is 9.00. The number of ether oxygens (including phenoxy) is 1. The second kappa shape index (κ2) is 3.33. The summed E-state index contributed by atoms with van der Waals surface area (Å²) in [5.74, 6) is 0.598. The molecule has 2 rings (SSSR count). The molecule has 0 amide bonds. The lowest BCUT2D eigenvalue weighted by atomic mass is 9.77. The van der Waals surface area contributed by atoms with Crippen LogP contribution in [-0.4, -0.2) is 18.7 Å². The van der Waals surface area contributed by atoms with E-state index in [1.165, 1.54) is 12.2 Å². The summed E-state index contributed by atoms with van der Waals surface area (Å²) >= 11 is 0. The van der Waals surface area contributed by atoms with Crippen molar-refractivity contribution in [1.82, 2.24) is 0 Å². The zero-order chi connectivity index (χ0) is 11.1. The first-order chi connectivity index (χ1) is 7.10. The van der Waals surface area contributed by atoms with E-state index in [9.17, 15) is 9.59 Å². The molecule has 0 saturated carbocycles. The Morgan fingerprint density at radius 1 is 1.20 bits per heavy atom. The minimum Gasteiger partial charge on any atom is -0.501 e. The summed E-state index contributed by atoms with van der Waals surface area (Å²) in [6, 6.07) is 0. The van der Waals surface area contributed by atoms with Gasteiger partial charge in [-0.1, -0.05) is 0 Å². The molecule has 0 fully saturated rings. The number of allylic oxidation sites excluding steroid dienone is 4. The van der Waals surface area contributed by atoms with Crippen LogP contribution in [0, 0.1) is 5.41 Å². The van der Waals surface area contributed by atoms with Gasteiger partial charge in [-0.3, -0.25) is 9.59 Å². The molecule has 0 radical (unpaired) electrons. The van der Waals surface area contributed by atoms with E-state index in [4.69, 9.17) is 4.74 Å². The van der Waals surface area contributed by atoms with Crippen LogP contribution in [0.2, 0.25) is 0 Å². The van der Waals surface area contributed by atoms with E-state index in [2.05, 4.69) is 0 Å². The van der Waals surface area contributed by atoms with Gasteiger partial charge >= 0.3 is 0 Å². The van der Waals surface area contributed by atoms with Crippen molar-refractivity contribution in [3.8, 4) is 0 Å². The quantitative estimate of drug-likeness (QED) is 0.647. The lowest BCUT2D eigenvalue weighted by molar-refractivity contribution is -0.130. The summed E-state index contributed by atoms with van der Waals surface area (Å²) in [6.07, 6.45) is 5.34. The van der Waals surface area contributed by atoms with Gasteiger partial charge in [-0.2, -0.15) is 0 Å². The Hall–Kier alpha value is -1.38. The van der Waals surface area contributed by atoms with Crippen LogP contribution in [-0.2, 0) is 14.3 Å². The largest absolute Gasteiger partial charge is 0.501 e. The van der Waals surface area contributed by atoms with Crippen LogP contribution in [0.1, 0.15) is 26.2 Å². The third-order valence-electron chi connectivity index (χ3n) is 3.39. The first-order valence-corrected chi connectivity index (χ1v) is 5.14. The van der Waals surface area contributed by atoms with Gasteiger partial charge in [0.05, 0.1) is 12.9 Å². The van der Waals surface area contributed by atoms with Crippen LogP contribution in [0.5, 0.6) is 0 Å². The summed E-state index contributed by atoms with van der Waals surface area (Å²) in [7, 11) is 1.60. The second-order valence-electron chi connectivity index (χ2n) is 4.15. The molecule has 15 heavy (non-hydrogen) atoms. The van der Waals surface area contributed by atoms with Crippen LogP contribution < -0.4 is 0 Å². The Labute approximate surface area is 88.8 Å². The summed E-state index contributed by atoms with van der Waals surface area (Å²) in [5, 5.41) is 0. The molecule has 0 heterocycles. The highest BCUT2D eigenvalue weighted by Crippen LogP contribution is 2.43. The van der Waals surface area contributed by atoms with Gasteiger partial charge in [0, 0.05) is 6.42 Å². The number of hydrogen-bond donors (Lipinski definition) is 0. The molecule has 0 unspecified atom stereocenters. The molecule has 0 spiro atoms. The molecule has 2 aliphatic carbocycles. The van der Waals surface area contributed by atoms with Crippen LogP contribution in [0.15, 0.2) is 23.5 Å². The van der Waals surface area contributed by atoms with Crippen molar-refractivity contribution >= 4 is 11.6 Å². The van der Waals surface area contributed by atoms with E-state index in [0.717, 1.165) is 30.6 Å². The van der Waals surface area contributed by atoms with E-state index < -0.39 is 5.41 Å². The number of methoxy groups -OCH3 is 1. The normalized spacial score (nSPS) is 24.1. The van der Waals surface area contributed by atoms with Crippen LogP contribution in [0.25, 0.3) is 0 Å². The van der Waals surface area contributed by atoms with Crippen molar-refractivity contribution in [3.05, 3.63) is 23.5 Å². The van der Waals surface area contributed by atoms with Gasteiger partial charge in [0.15, 0.2) is 11.6 Å². The summed E-state index contributed by atoms with van der Waals surface area (Å²) in [6.45, 7) is 1.71. The Morgan fingerprint density at radius 2 is 1.80 bits per heavy atom. The Bertz CT molecular complexity index is 370. The minimum atomic E-state index is -0.970. The molecule has 0 bridgehead atoms. The van der Waals surface area contributed by atoms with Crippen LogP contribution in [0.4, 0.5) is 0 Å². The minimum absolute atomic E-state index is 0.112. The molecule has 2 aliphatic rings. The molecule has 0 aliphatic heterocycles. The predicted molar refractivity (Wildman–Crippen MR) is 55.1 cm³/mol. The van der Waals surface area contributed by atoms with E-state index in [-0.39, 0.29) is 11.6 Å². The van der Waals surface area contributed by atoms with Gasteiger partial charge in [0.2, 0.25) is 0 Å². The molecule has 0 atom stereocenters. The van der Waals surface area contributed by atoms with Crippen LogP contribution in [0.3, 0.4) is 0 Å². The highest BCUT2D eigenvalue weighted by atomic mass is 16.5. The maximum absolute atomic E-state index is 11.8. The number of carbonyl (C=O) groups is 2. The summed E-state index contributed by atoms with van der Waals surface area (Å²) in [4.78, 5) is 23.5. The van der Waals surface area contributed by atoms with Gasteiger partial charge in [-0.05, 0) is 37.5 Å². The molecule has 0 N–H and O–H groups in total. The molecule has 80 valence electrons. The van der Waals surface area contributed by atoms with Crippen molar-refractivity contribution in [2.24, 2.45) is 5.41 Å².